The molecule has 8 heteroatoms. The van der Waals surface area contributed by atoms with Gasteiger partial charge in [-0.3, -0.25) is 9.59 Å². The van der Waals surface area contributed by atoms with Gasteiger partial charge in [0.25, 0.3) is 0 Å². The van der Waals surface area contributed by atoms with E-state index < -0.39 is 41.9 Å². The summed E-state index contributed by atoms with van der Waals surface area (Å²) in [5.74, 6) is -3.71. The van der Waals surface area contributed by atoms with Gasteiger partial charge in [0.15, 0.2) is 0 Å². The predicted octanol–water partition coefficient (Wildman–Crippen LogP) is 4.17. The van der Waals surface area contributed by atoms with Gasteiger partial charge in [0.05, 0.1) is 31.2 Å². The van der Waals surface area contributed by atoms with Crippen LogP contribution >= 0.6 is 11.3 Å². The van der Waals surface area contributed by atoms with Crippen LogP contribution in [0.3, 0.4) is 0 Å². The third-order valence-electron chi connectivity index (χ3n) is 6.34. The van der Waals surface area contributed by atoms with Crippen LogP contribution in [0.5, 0.6) is 0 Å². The van der Waals surface area contributed by atoms with Crippen molar-refractivity contribution in [1.29, 1.82) is 0 Å². The molecule has 4 atom stereocenters. The molecule has 32 heavy (non-hydrogen) atoms. The average molecular weight is 452 g/mol. The normalized spacial score (nSPS) is 23.9. The molecule has 3 heterocycles. The summed E-state index contributed by atoms with van der Waals surface area (Å²) in [6.07, 6.45) is 0.444. The molecular formula is C24H21NO6S. The van der Waals surface area contributed by atoms with Crippen LogP contribution in [-0.2, 0) is 19.1 Å². The molecule has 0 radical (unpaired) electrons. The summed E-state index contributed by atoms with van der Waals surface area (Å²) >= 11 is 1.22. The quantitative estimate of drug-likeness (QED) is 0.565. The molecule has 2 bridgehead atoms. The van der Waals surface area contributed by atoms with Gasteiger partial charge in [-0.25, -0.2) is 4.79 Å². The van der Waals surface area contributed by atoms with Gasteiger partial charge in [0.2, 0.25) is 5.91 Å². The molecule has 2 aliphatic heterocycles. The first-order valence-corrected chi connectivity index (χ1v) is 11.2. The van der Waals surface area contributed by atoms with Crippen molar-refractivity contribution in [3.05, 3.63) is 53.4 Å². The molecule has 1 amide bonds. The second kappa shape index (κ2) is 8.03. The monoisotopic (exact) mass is 451 g/mol. The fourth-order valence-corrected chi connectivity index (χ4v) is 5.80. The Bertz CT molecular complexity index is 1230. The maximum absolute atomic E-state index is 13.1. The van der Waals surface area contributed by atoms with Crippen molar-refractivity contribution in [1.82, 2.24) is 0 Å². The fraction of sp³-hybridized carbons (Fsp3) is 0.292. The van der Waals surface area contributed by atoms with E-state index in [1.807, 2.05) is 42.5 Å². The van der Waals surface area contributed by atoms with Gasteiger partial charge in [0, 0.05) is 10.9 Å². The zero-order valence-corrected chi connectivity index (χ0v) is 18.1. The van der Waals surface area contributed by atoms with E-state index in [4.69, 9.17) is 9.47 Å². The van der Waals surface area contributed by atoms with E-state index in [2.05, 4.69) is 5.32 Å². The number of nitrogens with one attached hydrogen (secondary N) is 1. The Balaban J connectivity index is 1.49. The fourth-order valence-electron chi connectivity index (χ4n) is 4.84. The van der Waals surface area contributed by atoms with Gasteiger partial charge in [-0.2, -0.15) is 0 Å². The number of carboxylic acids is 1. The second-order valence-electron chi connectivity index (χ2n) is 8.08. The van der Waals surface area contributed by atoms with Crippen molar-refractivity contribution >= 4 is 45.0 Å². The molecule has 2 N–H and O–H groups in total. The molecule has 7 nitrogen and oxygen atoms in total. The number of fused-ring (bicyclic) bond motifs is 3. The number of thiophene rings is 1. The summed E-state index contributed by atoms with van der Waals surface area (Å²) in [5, 5.41) is 16.7. The van der Waals surface area contributed by atoms with E-state index in [0.717, 1.165) is 16.3 Å². The number of rotatable bonds is 5. The van der Waals surface area contributed by atoms with Crippen molar-refractivity contribution < 1.29 is 29.0 Å². The van der Waals surface area contributed by atoms with Crippen LogP contribution in [0.15, 0.2) is 47.8 Å². The largest absolute Gasteiger partial charge is 0.481 e. The number of carbonyl (C=O) groups is 3. The smallest absolute Gasteiger partial charge is 0.341 e. The number of amides is 1. The van der Waals surface area contributed by atoms with Crippen LogP contribution in [0.1, 0.15) is 23.2 Å². The van der Waals surface area contributed by atoms with Crippen molar-refractivity contribution in [2.45, 2.75) is 25.0 Å². The van der Waals surface area contributed by atoms with Crippen molar-refractivity contribution in [3.63, 3.8) is 0 Å². The molecule has 1 aromatic heterocycles. The second-order valence-corrected chi connectivity index (χ2v) is 8.96. The van der Waals surface area contributed by atoms with Crippen LogP contribution in [0.4, 0.5) is 5.00 Å². The SMILES string of the molecule is COC(=O)c1c(-c2ccc3ccccc3c2)csc1NC(=O)[C@@H]1[C@@H](C(=O)O)[C@@H]2CC[C@H]1O2. The number of ether oxygens (including phenoxy) is 2. The minimum absolute atomic E-state index is 0.261. The maximum atomic E-state index is 13.1. The number of hydrogen-bond acceptors (Lipinski definition) is 6. The molecule has 2 fully saturated rings. The van der Waals surface area contributed by atoms with Gasteiger partial charge < -0.3 is 19.9 Å². The van der Waals surface area contributed by atoms with Gasteiger partial charge in [0.1, 0.15) is 10.6 Å². The Morgan fingerprint density at radius 2 is 1.78 bits per heavy atom. The highest BCUT2D eigenvalue weighted by molar-refractivity contribution is 7.15. The highest BCUT2D eigenvalue weighted by Crippen LogP contribution is 2.45. The van der Waals surface area contributed by atoms with Crippen molar-refractivity contribution in [2.24, 2.45) is 11.8 Å². The Kier molecular flexibility index (Phi) is 5.19. The summed E-state index contributed by atoms with van der Waals surface area (Å²) in [4.78, 5) is 37.5. The lowest BCUT2D eigenvalue weighted by Gasteiger charge is -2.23. The summed E-state index contributed by atoms with van der Waals surface area (Å²) in [7, 11) is 1.29. The number of esters is 1. The van der Waals surface area contributed by atoms with E-state index in [1.54, 1.807) is 5.38 Å². The number of hydrogen-bond donors (Lipinski definition) is 2. The molecule has 0 spiro atoms. The topological polar surface area (TPSA) is 102 Å². The highest BCUT2D eigenvalue weighted by atomic mass is 32.1. The van der Waals surface area contributed by atoms with Crippen LogP contribution < -0.4 is 5.32 Å². The number of carboxylic acid groups (broad SMARTS) is 1. The molecule has 0 unspecified atom stereocenters. The van der Waals surface area contributed by atoms with E-state index in [1.165, 1.54) is 18.4 Å². The van der Waals surface area contributed by atoms with Gasteiger partial charge >= 0.3 is 11.9 Å². The lowest BCUT2D eigenvalue weighted by Crippen LogP contribution is -2.41. The molecule has 164 valence electrons. The zero-order valence-electron chi connectivity index (χ0n) is 17.2. The number of carbonyl (C=O) groups excluding carboxylic acids is 2. The summed E-state index contributed by atoms with van der Waals surface area (Å²) in [6.45, 7) is 0. The Morgan fingerprint density at radius 1 is 1.06 bits per heavy atom. The molecule has 2 aliphatic rings. The van der Waals surface area contributed by atoms with Gasteiger partial charge in [-0.15, -0.1) is 11.3 Å². The number of methoxy groups -OCH3 is 1. The molecule has 2 aromatic carbocycles. The standard InChI is InChI=1S/C24H21NO6S/c1-30-24(29)18-15(14-7-6-12-4-2-3-5-13(12)10-14)11-32-22(18)25-21(26)19-16-8-9-17(31-16)20(19)23(27)28/h2-7,10-11,16-17,19-20H,8-9H2,1H3,(H,25,26)(H,27,28)/t16-,17+,19+,20+/m1/s1. The molecule has 0 saturated carbocycles. The first kappa shape index (κ1) is 20.7. The minimum Gasteiger partial charge on any atom is -0.481 e. The third kappa shape index (κ3) is 3.36. The van der Waals surface area contributed by atoms with Crippen molar-refractivity contribution in [2.75, 3.05) is 12.4 Å². The van der Waals surface area contributed by atoms with Gasteiger partial charge in [-0.1, -0.05) is 36.4 Å². The zero-order chi connectivity index (χ0) is 22.4. The highest BCUT2D eigenvalue weighted by Gasteiger charge is 2.55. The molecular weight excluding hydrogens is 430 g/mol. The van der Waals surface area contributed by atoms with Gasteiger partial charge in [-0.05, 0) is 35.2 Å². The number of anilines is 1. The van der Waals surface area contributed by atoms with E-state index >= 15 is 0 Å². The van der Waals surface area contributed by atoms with E-state index in [-0.39, 0.29) is 5.56 Å². The Hall–Kier alpha value is -3.23. The predicted molar refractivity (Wildman–Crippen MR) is 120 cm³/mol. The maximum Gasteiger partial charge on any atom is 0.341 e. The summed E-state index contributed by atoms with van der Waals surface area (Å²) < 4.78 is 10.7. The van der Waals surface area contributed by atoms with Crippen molar-refractivity contribution in [3.8, 4) is 11.1 Å². The average Bonchev–Trinajstić information content (AvgIpc) is 3.52. The summed E-state index contributed by atoms with van der Waals surface area (Å²) in [6, 6.07) is 13.8. The lowest BCUT2D eigenvalue weighted by molar-refractivity contribution is -0.147. The van der Waals surface area contributed by atoms with Crippen LogP contribution in [0.2, 0.25) is 0 Å². The Morgan fingerprint density at radius 3 is 2.50 bits per heavy atom. The van der Waals surface area contributed by atoms with E-state index in [0.29, 0.717) is 23.4 Å². The molecule has 5 rings (SSSR count). The first-order chi connectivity index (χ1) is 15.5. The molecule has 3 aromatic rings. The molecule has 2 saturated heterocycles. The van der Waals surface area contributed by atoms with Crippen LogP contribution in [-0.4, -0.2) is 42.3 Å². The number of aliphatic carboxylic acids is 1. The minimum atomic E-state index is -1.03. The third-order valence-corrected chi connectivity index (χ3v) is 7.23. The van der Waals surface area contributed by atoms with Crippen LogP contribution in [0.25, 0.3) is 21.9 Å². The lowest BCUT2D eigenvalue weighted by atomic mass is 9.79. The Labute approximate surface area is 188 Å². The summed E-state index contributed by atoms with van der Waals surface area (Å²) in [5.41, 5.74) is 1.74. The first-order valence-electron chi connectivity index (χ1n) is 10.4. The van der Waals surface area contributed by atoms with Crippen LogP contribution in [0, 0.1) is 11.8 Å². The van der Waals surface area contributed by atoms with E-state index in [9.17, 15) is 19.5 Å². The molecule has 0 aliphatic carbocycles. The number of benzene rings is 2.